The van der Waals surface area contributed by atoms with Crippen molar-refractivity contribution in [2.24, 2.45) is 0 Å². The van der Waals surface area contributed by atoms with Gasteiger partial charge < -0.3 is 16.4 Å². The molecule has 0 aliphatic heterocycles. The topological polar surface area (TPSA) is 109 Å². The van der Waals surface area contributed by atoms with Gasteiger partial charge in [0.1, 0.15) is 5.82 Å². The standard InChI is InChI=1S/C17H23N7O/c1-11-5-3-4-6-13(11)20-17-22-14(21-16(18)23-17)9-24(2)10-15(25)19-12-7-8-12/h3-6,12H,7-10H2,1-2H3,(H,19,25)(H3,18,20,21,22,23). The van der Waals surface area contributed by atoms with Crippen LogP contribution in [-0.4, -0.2) is 45.4 Å². The van der Waals surface area contributed by atoms with E-state index in [1.165, 1.54) is 0 Å². The molecule has 0 unspecified atom stereocenters. The summed E-state index contributed by atoms with van der Waals surface area (Å²) >= 11 is 0. The zero-order valence-corrected chi connectivity index (χ0v) is 14.5. The number of amides is 1. The number of hydrogen-bond donors (Lipinski definition) is 3. The van der Waals surface area contributed by atoms with Crippen molar-refractivity contribution in [3.05, 3.63) is 35.7 Å². The molecule has 1 saturated carbocycles. The van der Waals surface area contributed by atoms with E-state index < -0.39 is 0 Å². The second kappa shape index (κ2) is 7.43. The van der Waals surface area contributed by atoms with Crippen molar-refractivity contribution in [1.82, 2.24) is 25.2 Å². The van der Waals surface area contributed by atoms with Crippen LogP contribution in [0.4, 0.5) is 17.6 Å². The number of para-hydroxylation sites is 1. The smallest absolute Gasteiger partial charge is 0.234 e. The summed E-state index contributed by atoms with van der Waals surface area (Å²) in [6, 6.07) is 8.21. The second-order valence-corrected chi connectivity index (χ2v) is 6.39. The zero-order valence-electron chi connectivity index (χ0n) is 14.5. The molecule has 25 heavy (non-hydrogen) atoms. The highest BCUT2D eigenvalue weighted by atomic mass is 16.2. The second-order valence-electron chi connectivity index (χ2n) is 6.39. The van der Waals surface area contributed by atoms with Crippen LogP contribution < -0.4 is 16.4 Å². The third-order valence-corrected chi connectivity index (χ3v) is 3.86. The third-order valence-electron chi connectivity index (χ3n) is 3.86. The number of carbonyl (C=O) groups excluding carboxylic acids is 1. The van der Waals surface area contributed by atoms with Gasteiger partial charge in [0.25, 0.3) is 0 Å². The number of nitrogens with one attached hydrogen (secondary N) is 2. The third kappa shape index (κ3) is 5.12. The monoisotopic (exact) mass is 341 g/mol. The Labute approximate surface area is 146 Å². The summed E-state index contributed by atoms with van der Waals surface area (Å²) in [4.78, 5) is 26.4. The number of carbonyl (C=O) groups is 1. The molecule has 1 aliphatic rings. The van der Waals surface area contributed by atoms with Gasteiger partial charge in [-0.3, -0.25) is 9.69 Å². The van der Waals surface area contributed by atoms with Gasteiger partial charge in [0.2, 0.25) is 17.8 Å². The highest BCUT2D eigenvalue weighted by Crippen LogP contribution is 2.19. The molecule has 1 heterocycles. The van der Waals surface area contributed by atoms with Crippen molar-refractivity contribution < 1.29 is 4.79 Å². The number of nitrogen functional groups attached to an aromatic ring is 1. The van der Waals surface area contributed by atoms with Gasteiger partial charge in [0.15, 0.2) is 0 Å². The fourth-order valence-electron chi connectivity index (χ4n) is 2.44. The number of nitrogens with zero attached hydrogens (tertiary/aromatic N) is 4. The van der Waals surface area contributed by atoms with Gasteiger partial charge in [0.05, 0.1) is 13.1 Å². The van der Waals surface area contributed by atoms with E-state index in [9.17, 15) is 4.79 Å². The molecule has 3 rings (SSSR count). The maximum absolute atomic E-state index is 11.9. The molecule has 0 bridgehead atoms. The predicted octanol–water partition coefficient (Wildman–Crippen LogP) is 1.22. The summed E-state index contributed by atoms with van der Waals surface area (Å²) in [5.74, 6) is 1.08. The van der Waals surface area contributed by atoms with Gasteiger partial charge in [-0.15, -0.1) is 0 Å². The number of benzene rings is 1. The minimum absolute atomic E-state index is 0.0188. The number of hydrogen-bond acceptors (Lipinski definition) is 7. The molecular weight excluding hydrogens is 318 g/mol. The highest BCUT2D eigenvalue weighted by molar-refractivity contribution is 5.78. The molecule has 132 valence electrons. The number of nitrogens with two attached hydrogens (primary N) is 1. The minimum atomic E-state index is 0.0188. The summed E-state index contributed by atoms with van der Waals surface area (Å²) in [6.45, 7) is 2.70. The zero-order chi connectivity index (χ0) is 17.8. The van der Waals surface area contributed by atoms with Crippen LogP contribution in [0, 0.1) is 6.92 Å². The van der Waals surface area contributed by atoms with Crippen LogP contribution in [0.15, 0.2) is 24.3 Å². The normalized spacial score (nSPS) is 13.7. The Morgan fingerprint density at radius 1 is 1.28 bits per heavy atom. The van der Waals surface area contributed by atoms with Crippen LogP contribution in [-0.2, 0) is 11.3 Å². The van der Waals surface area contributed by atoms with Gasteiger partial charge in [-0.1, -0.05) is 18.2 Å². The van der Waals surface area contributed by atoms with Gasteiger partial charge >= 0.3 is 0 Å². The van der Waals surface area contributed by atoms with Crippen molar-refractivity contribution in [3.63, 3.8) is 0 Å². The Morgan fingerprint density at radius 2 is 2.04 bits per heavy atom. The van der Waals surface area contributed by atoms with Crippen LogP contribution in [0.5, 0.6) is 0 Å². The summed E-state index contributed by atoms with van der Waals surface area (Å²) in [5.41, 5.74) is 7.80. The first-order valence-electron chi connectivity index (χ1n) is 8.30. The first kappa shape index (κ1) is 17.1. The summed E-state index contributed by atoms with van der Waals surface area (Å²) < 4.78 is 0. The average molecular weight is 341 g/mol. The van der Waals surface area contributed by atoms with E-state index in [0.717, 1.165) is 24.1 Å². The molecule has 0 radical (unpaired) electrons. The highest BCUT2D eigenvalue weighted by Gasteiger charge is 2.23. The fourth-order valence-corrected chi connectivity index (χ4v) is 2.44. The maximum atomic E-state index is 11.9. The van der Waals surface area contributed by atoms with Crippen molar-refractivity contribution >= 4 is 23.5 Å². The predicted molar refractivity (Wildman–Crippen MR) is 96.2 cm³/mol. The van der Waals surface area contributed by atoms with E-state index in [0.29, 0.717) is 30.9 Å². The molecule has 8 nitrogen and oxygen atoms in total. The molecule has 1 amide bonds. The molecule has 0 atom stereocenters. The first-order valence-corrected chi connectivity index (χ1v) is 8.30. The molecule has 1 aromatic heterocycles. The van der Waals surface area contributed by atoms with Crippen LogP contribution in [0.1, 0.15) is 24.2 Å². The van der Waals surface area contributed by atoms with E-state index in [2.05, 4.69) is 25.6 Å². The number of aryl methyl sites for hydroxylation is 1. The van der Waals surface area contributed by atoms with Crippen LogP contribution >= 0.6 is 0 Å². The molecule has 4 N–H and O–H groups in total. The van der Waals surface area contributed by atoms with Gasteiger partial charge in [0, 0.05) is 11.7 Å². The molecule has 0 spiro atoms. The Kier molecular flexibility index (Phi) is 5.08. The van der Waals surface area contributed by atoms with Crippen molar-refractivity contribution in [3.8, 4) is 0 Å². The fraction of sp³-hybridized carbons (Fsp3) is 0.412. The Balaban J connectivity index is 1.64. The van der Waals surface area contributed by atoms with Gasteiger partial charge in [-0.2, -0.15) is 15.0 Å². The SMILES string of the molecule is Cc1ccccc1Nc1nc(N)nc(CN(C)CC(=O)NC2CC2)n1. The van der Waals surface area contributed by atoms with Crippen molar-refractivity contribution in [2.45, 2.75) is 32.4 Å². The van der Waals surface area contributed by atoms with Crippen molar-refractivity contribution in [1.29, 1.82) is 0 Å². The Morgan fingerprint density at radius 3 is 2.76 bits per heavy atom. The number of likely N-dealkylation sites (N-methyl/N-ethyl adjacent to an activating group) is 1. The summed E-state index contributed by atoms with van der Waals surface area (Å²) in [7, 11) is 1.85. The van der Waals surface area contributed by atoms with Crippen LogP contribution in [0.3, 0.4) is 0 Å². The number of anilines is 3. The Bertz CT molecular complexity index is 760. The first-order chi connectivity index (χ1) is 12.0. The van der Waals surface area contributed by atoms with Crippen LogP contribution in [0.2, 0.25) is 0 Å². The number of aromatic nitrogens is 3. The van der Waals surface area contributed by atoms with E-state index >= 15 is 0 Å². The number of rotatable bonds is 7. The van der Waals surface area contributed by atoms with Crippen LogP contribution in [0.25, 0.3) is 0 Å². The maximum Gasteiger partial charge on any atom is 0.234 e. The largest absolute Gasteiger partial charge is 0.368 e. The molecular formula is C17H23N7O. The lowest BCUT2D eigenvalue weighted by Crippen LogP contribution is -2.36. The van der Waals surface area contributed by atoms with E-state index in [1.807, 2.05) is 43.1 Å². The molecule has 8 heteroatoms. The minimum Gasteiger partial charge on any atom is -0.368 e. The lowest BCUT2D eigenvalue weighted by molar-refractivity contribution is -0.122. The van der Waals surface area contributed by atoms with Crippen molar-refractivity contribution in [2.75, 3.05) is 24.6 Å². The van der Waals surface area contributed by atoms with E-state index in [4.69, 9.17) is 5.73 Å². The van der Waals surface area contributed by atoms with E-state index in [-0.39, 0.29) is 11.9 Å². The Hall–Kier alpha value is -2.74. The lowest BCUT2D eigenvalue weighted by Gasteiger charge is -2.16. The molecule has 2 aromatic rings. The lowest BCUT2D eigenvalue weighted by atomic mass is 10.2. The summed E-state index contributed by atoms with van der Waals surface area (Å²) in [5, 5.41) is 6.12. The molecule has 1 aromatic carbocycles. The average Bonchev–Trinajstić information content (AvgIpc) is 3.32. The molecule has 0 saturated heterocycles. The molecule has 1 fully saturated rings. The van der Waals surface area contributed by atoms with E-state index in [1.54, 1.807) is 0 Å². The van der Waals surface area contributed by atoms with Gasteiger partial charge in [-0.05, 0) is 38.4 Å². The quantitative estimate of drug-likeness (QED) is 0.694. The van der Waals surface area contributed by atoms with Gasteiger partial charge in [-0.25, -0.2) is 0 Å². The molecule has 1 aliphatic carbocycles. The summed E-state index contributed by atoms with van der Waals surface area (Å²) in [6.07, 6.45) is 2.15.